The molecule has 0 spiro atoms. The van der Waals surface area contributed by atoms with Gasteiger partial charge in [-0.15, -0.1) is 11.8 Å². The summed E-state index contributed by atoms with van der Waals surface area (Å²) in [5.74, 6) is 1.97. The van der Waals surface area contributed by atoms with Crippen molar-refractivity contribution in [2.24, 2.45) is 10.9 Å². The SMILES string of the molecule is CC/C=C\CC1N=CSCC1C. The third-order valence-electron chi connectivity index (χ3n) is 2.12. The number of aliphatic imine (C=N–C) groups is 1. The maximum atomic E-state index is 4.47. The van der Waals surface area contributed by atoms with Gasteiger partial charge in [0.05, 0.1) is 11.6 Å². The molecule has 0 aromatic carbocycles. The largest absolute Gasteiger partial charge is 0.282 e. The molecule has 0 aromatic rings. The highest BCUT2D eigenvalue weighted by atomic mass is 32.2. The highest BCUT2D eigenvalue weighted by Crippen LogP contribution is 2.21. The highest BCUT2D eigenvalue weighted by Gasteiger charge is 2.16. The molecule has 1 aliphatic heterocycles. The quantitative estimate of drug-likeness (QED) is 0.612. The summed E-state index contributed by atoms with van der Waals surface area (Å²) in [6, 6.07) is 0.536. The van der Waals surface area contributed by atoms with Crippen LogP contribution in [0.1, 0.15) is 26.7 Å². The zero-order chi connectivity index (χ0) is 8.81. The van der Waals surface area contributed by atoms with Gasteiger partial charge in [-0.1, -0.05) is 26.0 Å². The van der Waals surface area contributed by atoms with Crippen molar-refractivity contribution in [1.82, 2.24) is 0 Å². The first kappa shape index (κ1) is 9.85. The smallest absolute Gasteiger partial charge is 0.0573 e. The molecule has 0 radical (unpaired) electrons. The van der Waals surface area contributed by atoms with E-state index in [9.17, 15) is 0 Å². The molecule has 1 aliphatic rings. The van der Waals surface area contributed by atoms with E-state index in [2.05, 4.69) is 31.0 Å². The lowest BCUT2D eigenvalue weighted by atomic mass is 10.0. The molecule has 0 fully saturated rings. The molecule has 0 amide bonds. The van der Waals surface area contributed by atoms with Crippen LogP contribution in [0.3, 0.4) is 0 Å². The Morgan fingerprint density at radius 3 is 3.08 bits per heavy atom. The van der Waals surface area contributed by atoms with E-state index in [4.69, 9.17) is 0 Å². The fourth-order valence-electron chi connectivity index (χ4n) is 1.27. The van der Waals surface area contributed by atoms with Gasteiger partial charge in [-0.05, 0) is 18.8 Å². The Morgan fingerprint density at radius 1 is 1.58 bits per heavy atom. The minimum atomic E-state index is 0.536. The predicted molar refractivity (Wildman–Crippen MR) is 58.0 cm³/mol. The summed E-state index contributed by atoms with van der Waals surface area (Å²) in [6.07, 6.45) is 6.74. The number of nitrogens with zero attached hydrogens (tertiary/aromatic N) is 1. The van der Waals surface area contributed by atoms with Crippen LogP contribution < -0.4 is 0 Å². The van der Waals surface area contributed by atoms with Crippen molar-refractivity contribution in [3.8, 4) is 0 Å². The molecule has 2 unspecified atom stereocenters. The van der Waals surface area contributed by atoms with Gasteiger partial charge in [0, 0.05) is 5.75 Å². The molecule has 0 saturated heterocycles. The molecule has 0 aromatic heterocycles. The minimum Gasteiger partial charge on any atom is -0.282 e. The fraction of sp³-hybridized carbons (Fsp3) is 0.700. The van der Waals surface area contributed by atoms with Crippen LogP contribution in [0.15, 0.2) is 17.1 Å². The maximum Gasteiger partial charge on any atom is 0.0573 e. The lowest BCUT2D eigenvalue weighted by Crippen LogP contribution is -2.20. The number of allylic oxidation sites excluding steroid dienone is 1. The summed E-state index contributed by atoms with van der Waals surface area (Å²) in [4.78, 5) is 4.47. The Kier molecular flexibility index (Phi) is 4.44. The Labute approximate surface area is 79.3 Å². The fourth-order valence-corrected chi connectivity index (χ4v) is 2.12. The van der Waals surface area contributed by atoms with E-state index in [-0.39, 0.29) is 0 Å². The van der Waals surface area contributed by atoms with Crippen LogP contribution in [0.2, 0.25) is 0 Å². The number of thioether (sulfide) groups is 1. The number of hydrogen-bond acceptors (Lipinski definition) is 2. The van der Waals surface area contributed by atoms with Crippen LogP contribution >= 0.6 is 11.8 Å². The molecule has 0 N–H and O–H groups in total. The van der Waals surface area contributed by atoms with E-state index in [1.54, 1.807) is 0 Å². The van der Waals surface area contributed by atoms with Gasteiger partial charge in [0.25, 0.3) is 0 Å². The summed E-state index contributed by atoms with van der Waals surface area (Å²) < 4.78 is 0. The van der Waals surface area contributed by atoms with Crippen LogP contribution in [0.5, 0.6) is 0 Å². The van der Waals surface area contributed by atoms with Gasteiger partial charge in [0.1, 0.15) is 0 Å². The van der Waals surface area contributed by atoms with Crippen LogP contribution in [-0.4, -0.2) is 17.3 Å². The average molecular weight is 183 g/mol. The topological polar surface area (TPSA) is 12.4 Å². The standard InChI is InChI=1S/C10H17NS/c1-3-4-5-6-10-9(2)7-12-8-11-10/h4-5,8-10H,3,6-7H2,1-2H3/b5-4-. The third-order valence-corrected chi connectivity index (χ3v) is 3.11. The summed E-state index contributed by atoms with van der Waals surface area (Å²) in [6.45, 7) is 4.45. The zero-order valence-electron chi connectivity index (χ0n) is 7.86. The van der Waals surface area contributed by atoms with Crippen molar-refractivity contribution in [2.45, 2.75) is 32.7 Å². The second kappa shape index (κ2) is 5.41. The lowest BCUT2D eigenvalue weighted by molar-refractivity contribution is 0.506. The molecule has 1 heterocycles. The Balaban J connectivity index is 2.34. The van der Waals surface area contributed by atoms with Crippen molar-refractivity contribution in [1.29, 1.82) is 0 Å². The van der Waals surface area contributed by atoms with Gasteiger partial charge >= 0.3 is 0 Å². The Morgan fingerprint density at radius 2 is 2.42 bits per heavy atom. The molecule has 1 nitrogen and oxygen atoms in total. The summed E-state index contributed by atoms with van der Waals surface area (Å²) in [5, 5.41) is 0. The molecule has 0 bridgehead atoms. The summed E-state index contributed by atoms with van der Waals surface area (Å²) >= 11 is 1.83. The van der Waals surface area contributed by atoms with E-state index < -0.39 is 0 Å². The first-order valence-electron chi connectivity index (χ1n) is 4.62. The van der Waals surface area contributed by atoms with E-state index >= 15 is 0 Å². The highest BCUT2D eigenvalue weighted by molar-refractivity contribution is 8.12. The zero-order valence-corrected chi connectivity index (χ0v) is 8.68. The van der Waals surface area contributed by atoms with Gasteiger partial charge in [-0.3, -0.25) is 4.99 Å². The summed E-state index contributed by atoms with van der Waals surface area (Å²) in [5.41, 5.74) is 2.00. The van der Waals surface area contributed by atoms with Crippen molar-refractivity contribution in [3.63, 3.8) is 0 Å². The van der Waals surface area contributed by atoms with Crippen molar-refractivity contribution in [2.75, 3.05) is 5.75 Å². The summed E-state index contributed by atoms with van der Waals surface area (Å²) in [7, 11) is 0. The van der Waals surface area contributed by atoms with Gasteiger partial charge in [-0.2, -0.15) is 0 Å². The van der Waals surface area contributed by atoms with Crippen LogP contribution in [0.25, 0.3) is 0 Å². The molecular formula is C10H17NS. The molecule has 0 saturated carbocycles. The van der Waals surface area contributed by atoms with Gasteiger partial charge < -0.3 is 0 Å². The first-order chi connectivity index (χ1) is 5.84. The van der Waals surface area contributed by atoms with E-state index in [0.29, 0.717) is 6.04 Å². The van der Waals surface area contributed by atoms with E-state index in [1.807, 2.05) is 17.3 Å². The second-order valence-corrected chi connectivity index (χ2v) is 4.13. The van der Waals surface area contributed by atoms with Gasteiger partial charge in [-0.25, -0.2) is 0 Å². The van der Waals surface area contributed by atoms with Crippen molar-refractivity contribution >= 4 is 17.3 Å². The molecule has 2 heteroatoms. The maximum absolute atomic E-state index is 4.47. The van der Waals surface area contributed by atoms with Crippen molar-refractivity contribution in [3.05, 3.63) is 12.2 Å². The van der Waals surface area contributed by atoms with E-state index in [0.717, 1.165) is 18.8 Å². The lowest BCUT2D eigenvalue weighted by Gasteiger charge is -2.21. The number of rotatable bonds is 3. The first-order valence-corrected chi connectivity index (χ1v) is 5.67. The van der Waals surface area contributed by atoms with Gasteiger partial charge in [0.15, 0.2) is 0 Å². The molecule has 0 aliphatic carbocycles. The normalized spacial score (nSPS) is 29.8. The average Bonchev–Trinajstić information content (AvgIpc) is 2.09. The number of hydrogen-bond donors (Lipinski definition) is 0. The third kappa shape index (κ3) is 3.02. The molecular weight excluding hydrogens is 166 g/mol. The molecule has 1 rings (SSSR count). The molecule has 68 valence electrons. The van der Waals surface area contributed by atoms with E-state index in [1.165, 1.54) is 5.75 Å². The van der Waals surface area contributed by atoms with Crippen LogP contribution in [0.4, 0.5) is 0 Å². The second-order valence-electron chi connectivity index (χ2n) is 3.25. The monoisotopic (exact) mass is 183 g/mol. The Hall–Kier alpha value is -0.240. The minimum absolute atomic E-state index is 0.536. The van der Waals surface area contributed by atoms with Crippen LogP contribution in [-0.2, 0) is 0 Å². The van der Waals surface area contributed by atoms with Gasteiger partial charge in [0.2, 0.25) is 0 Å². The van der Waals surface area contributed by atoms with Crippen LogP contribution in [0, 0.1) is 5.92 Å². The Bertz CT molecular complexity index is 175. The molecule has 12 heavy (non-hydrogen) atoms. The van der Waals surface area contributed by atoms with Crippen molar-refractivity contribution < 1.29 is 0 Å². The predicted octanol–water partition coefficient (Wildman–Crippen LogP) is 3.12. The molecule has 2 atom stereocenters.